The lowest BCUT2D eigenvalue weighted by Crippen LogP contribution is -2.32. The van der Waals surface area contributed by atoms with E-state index in [2.05, 4.69) is 4.98 Å². The fourth-order valence-electron chi connectivity index (χ4n) is 2.83. The van der Waals surface area contributed by atoms with Crippen molar-refractivity contribution in [1.29, 1.82) is 0 Å². The third-order valence-corrected chi connectivity index (χ3v) is 4.00. The molecule has 0 radical (unpaired) electrons. The first-order valence-corrected chi connectivity index (χ1v) is 6.83. The average Bonchev–Trinajstić information content (AvgIpc) is 2.97. The van der Waals surface area contributed by atoms with Gasteiger partial charge in [-0.15, -0.1) is 0 Å². The van der Waals surface area contributed by atoms with E-state index in [1.807, 2.05) is 6.07 Å². The minimum absolute atomic E-state index is 0.221. The molecule has 0 bridgehead atoms. The number of imidazole rings is 1. The van der Waals surface area contributed by atoms with E-state index in [1.54, 1.807) is 23.3 Å². The van der Waals surface area contributed by atoms with Gasteiger partial charge in [0.25, 0.3) is 5.56 Å². The highest BCUT2D eigenvalue weighted by Gasteiger charge is 2.23. The summed E-state index contributed by atoms with van der Waals surface area (Å²) in [5.74, 6) is 6.11. The Morgan fingerprint density at radius 2 is 2.00 bits per heavy atom. The van der Waals surface area contributed by atoms with Crippen LogP contribution in [0.5, 0.6) is 0 Å². The number of hydrogen-bond acceptors (Lipinski definition) is 4. The third kappa shape index (κ3) is 2.34. The van der Waals surface area contributed by atoms with Crippen molar-refractivity contribution in [2.75, 3.05) is 5.84 Å². The van der Waals surface area contributed by atoms with Gasteiger partial charge >= 0.3 is 0 Å². The molecule has 0 atom stereocenters. The Morgan fingerprint density at radius 3 is 2.65 bits per heavy atom. The van der Waals surface area contributed by atoms with Crippen LogP contribution in [0.1, 0.15) is 37.3 Å². The fourth-order valence-corrected chi connectivity index (χ4v) is 2.83. The van der Waals surface area contributed by atoms with E-state index in [0.717, 1.165) is 37.1 Å². The van der Waals surface area contributed by atoms with Crippen LogP contribution in [0, 0.1) is 0 Å². The maximum Gasteiger partial charge on any atom is 0.270 e. The third-order valence-electron chi connectivity index (χ3n) is 4.00. The quantitative estimate of drug-likeness (QED) is 0.792. The SMILES string of the molecule is Nn1c(C2CCC(O)CC2)cc(-n2ccnc2)cc1=O. The van der Waals surface area contributed by atoms with Crippen LogP contribution < -0.4 is 11.4 Å². The predicted octanol–water partition coefficient (Wildman–Crippen LogP) is 0.766. The molecular weight excluding hydrogens is 256 g/mol. The van der Waals surface area contributed by atoms with Crippen LogP contribution in [0.15, 0.2) is 35.6 Å². The molecule has 3 N–H and O–H groups in total. The summed E-state index contributed by atoms with van der Waals surface area (Å²) in [5.41, 5.74) is 1.38. The van der Waals surface area contributed by atoms with Crippen LogP contribution >= 0.6 is 0 Å². The van der Waals surface area contributed by atoms with E-state index in [9.17, 15) is 9.90 Å². The second-order valence-electron chi connectivity index (χ2n) is 5.32. The summed E-state index contributed by atoms with van der Waals surface area (Å²) in [6.07, 6.45) is 8.12. The molecule has 0 saturated heterocycles. The first kappa shape index (κ1) is 12.9. The van der Waals surface area contributed by atoms with Crippen molar-refractivity contribution < 1.29 is 5.11 Å². The van der Waals surface area contributed by atoms with Crippen LogP contribution in [0.25, 0.3) is 5.69 Å². The number of aliphatic hydroxyl groups excluding tert-OH is 1. The van der Waals surface area contributed by atoms with Crippen molar-refractivity contribution >= 4 is 0 Å². The molecule has 2 heterocycles. The standard InChI is InChI=1S/C14H18N4O2/c15-18-13(10-1-3-12(19)4-2-10)7-11(8-14(18)20)17-6-5-16-9-17/h5-10,12,19H,1-4,15H2. The highest BCUT2D eigenvalue weighted by molar-refractivity contribution is 5.34. The van der Waals surface area contributed by atoms with Gasteiger partial charge in [0.15, 0.2) is 0 Å². The molecule has 1 aliphatic rings. The van der Waals surface area contributed by atoms with E-state index in [-0.39, 0.29) is 17.6 Å². The Balaban J connectivity index is 2.00. The number of pyridine rings is 1. The molecule has 2 aromatic rings. The van der Waals surface area contributed by atoms with Gasteiger partial charge < -0.3 is 15.5 Å². The van der Waals surface area contributed by atoms with Crippen LogP contribution in [-0.2, 0) is 0 Å². The van der Waals surface area contributed by atoms with E-state index in [4.69, 9.17) is 5.84 Å². The normalized spacial score (nSPS) is 22.9. The molecule has 1 saturated carbocycles. The van der Waals surface area contributed by atoms with Gasteiger partial charge in [0.05, 0.1) is 18.1 Å². The monoisotopic (exact) mass is 274 g/mol. The topological polar surface area (TPSA) is 86.1 Å². The molecule has 1 fully saturated rings. The van der Waals surface area contributed by atoms with E-state index in [0.29, 0.717) is 0 Å². The zero-order chi connectivity index (χ0) is 14.1. The number of hydrogen-bond donors (Lipinski definition) is 2. The van der Waals surface area contributed by atoms with Crippen molar-refractivity contribution in [3.8, 4) is 5.69 Å². The van der Waals surface area contributed by atoms with Crippen molar-refractivity contribution in [3.63, 3.8) is 0 Å². The number of nitrogens with zero attached hydrogens (tertiary/aromatic N) is 3. The van der Waals surface area contributed by atoms with Gasteiger partial charge in [-0.05, 0) is 31.7 Å². The van der Waals surface area contributed by atoms with Crippen LogP contribution in [0.4, 0.5) is 0 Å². The average molecular weight is 274 g/mol. The van der Waals surface area contributed by atoms with Crippen LogP contribution in [0.2, 0.25) is 0 Å². The van der Waals surface area contributed by atoms with Crippen molar-refractivity contribution in [3.05, 3.63) is 46.9 Å². The molecule has 2 aromatic heterocycles. The molecule has 0 aliphatic heterocycles. The zero-order valence-corrected chi connectivity index (χ0v) is 11.1. The zero-order valence-electron chi connectivity index (χ0n) is 11.1. The predicted molar refractivity (Wildman–Crippen MR) is 75.2 cm³/mol. The second kappa shape index (κ2) is 5.13. The molecular formula is C14H18N4O2. The number of aromatic nitrogens is 3. The Hall–Kier alpha value is -2.08. The summed E-state index contributed by atoms with van der Waals surface area (Å²) in [6.45, 7) is 0. The van der Waals surface area contributed by atoms with Gasteiger partial charge in [-0.3, -0.25) is 4.79 Å². The molecule has 106 valence electrons. The van der Waals surface area contributed by atoms with Crippen LogP contribution in [-0.4, -0.2) is 25.4 Å². The summed E-state index contributed by atoms with van der Waals surface area (Å²) >= 11 is 0. The summed E-state index contributed by atoms with van der Waals surface area (Å²) < 4.78 is 3.02. The number of nitrogen functional groups attached to an aromatic ring is 1. The number of rotatable bonds is 2. The summed E-state index contributed by atoms with van der Waals surface area (Å²) in [5, 5.41) is 9.59. The minimum atomic E-state index is -0.225. The Morgan fingerprint density at radius 1 is 1.25 bits per heavy atom. The lowest BCUT2D eigenvalue weighted by Gasteiger charge is -2.27. The lowest BCUT2D eigenvalue weighted by atomic mass is 9.85. The van der Waals surface area contributed by atoms with Crippen molar-refractivity contribution in [2.45, 2.75) is 37.7 Å². The highest BCUT2D eigenvalue weighted by atomic mass is 16.3. The maximum absolute atomic E-state index is 12.0. The highest BCUT2D eigenvalue weighted by Crippen LogP contribution is 2.32. The summed E-state index contributed by atoms with van der Waals surface area (Å²) in [7, 11) is 0. The van der Waals surface area contributed by atoms with Crippen LogP contribution in [0.3, 0.4) is 0 Å². The fraction of sp³-hybridized carbons (Fsp3) is 0.429. The first-order chi connectivity index (χ1) is 9.65. The van der Waals surface area contributed by atoms with E-state index in [1.165, 1.54) is 10.7 Å². The molecule has 0 aromatic carbocycles. The van der Waals surface area contributed by atoms with Gasteiger partial charge in [-0.1, -0.05) is 0 Å². The van der Waals surface area contributed by atoms with E-state index < -0.39 is 0 Å². The van der Waals surface area contributed by atoms with Gasteiger partial charge in [-0.2, -0.15) is 0 Å². The summed E-state index contributed by atoms with van der Waals surface area (Å²) in [6, 6.07) is 3.44. The maximum atomic E-state index is 12.0. The molecule has 0 unspecified atom stereocenters. The molecule has 6 heteroatoms. The first-order valence-electron chi connectivity index (χ1n) is 6.83. The largest absolute Gasteiger partial charge is 0.393 e. The van der Waals surface area contributed by atoms with Gasteiger partial charge in [0.1, 0.15) is 0 Å². The van der Waals surface area contributed by atoms with E-state index >= 15 is 0 Å². The van der Waals surface area contributed by atoms with Gasteiger partial charge in [0.2, 0.25) is 0 Å². The number of aliphatic hydroxyl groups is 1. The molecule has 20 heavy (non-hydrogen) atoms. The Kier molecular flexibility index (Phi) is 3.31. The van der Waals surface area contributed by atoms with Crippen molar-refractivity contribution in [1.82, 2.24) is 14.2 Å². The molecule has 1 aliphatic carbocycles. The lowest BCUT2D eigenvalue weighted by molar-refractivity contribution is 0.121. The molecule has 6 nitrogen and oxygen atoms in total. The molecule has 3 rings (SSSR count). The summed E-state index contributed by atoms with van der Waals surface area (Å²) in [4.78, 5) is 16.0. The smallest absolute Gasteiger partial charge is 0.270 e. The Labute approximate surface area is 116 Å². The minimum Gasteiger partial charge on any atom is -0.393 e. The second-order valence-corrected chi connectivity index (χ2v) is 5.32. The number of nitrogens with two attached hydrogens (primary N) is 1. The molecule has 0 amide bonds. The van der Waals surface area contributed by atoms with Crippen molar-refractivity contribution in [2.24, 2.45) is 0 Å². The Bertz CT molecular complexity index is 640. The van der Waals surface area contributed by atoms with Gasteiger partial charge in [0, 0.05) is 30.1 Å². The van der Waals surface area contributed by atoms with Gasteiger partial charge in [-0.25, -0.2) is 9.66 Å². The molecule has 0 spiro atoms.